The molecule has 0 radical (unpaired) electrons. The summed E-state index contributed by atoms with van der Waals surface area (Å²) >= 11 is 0. The number of aromatic hydroxyl groups is 1. The summed E-state index contributed by atoms with van der Waals surface area (Å²) in [6.45, 7) is 0. The second-order valence-corrected chi connectivity index (χ2v) is 7.71. The Kier molecular flexibility index (Phi) is 4.26. The number of pyridine rings is 1. The number of hydrogen-bond acceptors (Lipinski definition) is 4. The summed E-state index contributed by atoms with van der Waals surface area (Å²) in [5.41, 5.74) is 1.73. The molecule has 0 spiro atoms. The Hall–Kier alpha value is -2.44. The molecule has 1 N–H and O–H groups in total. The number of hydrogen-bond donors (Lipinski definition) is 1. The zero-order valence-corrected chi connectivity index (χ0v) is 14.2. The summed E-state index contributed by atoms with van der Waals surface area (Å²) in [5, 5.41) is 11.5. The molecular formula is C18H18N2O3S. The van der Waals surface area contributed by atoms with Crippen molar-refractivity contribution in [3.05, 3.63) is 71.9 Å². The molecule has 0 saturated carbocycles. The molecule has 0 aliphatic rings. The van der Waals surface area contributed by atoms with Gasteiger partial charge in [-0.05, 0) is 11.6 Å². The van der Waals surface area contributed by atoms with E-state index in [-0.39, 0.29) is 5.75 Å². The maximum atomic E-state index is 12.1. The van der Waals surface area contributed by atoms with E-state index >= 15 is 0 Å². The number of benzene rings is 2. The van der Waals surface area contributed by atoms with Crippen molar-refractivity contribution in [3.8, 4) is 5.75 Å². The van der Waals surface area contributed by atoms with Crippen LogP contribution in [0.25, 0.3) is 10.9 Å². The van der Waals surface area contributed by atoms with Gasteiger partial charge in [-0.2, -0.15) is 4.31 Å². The lowest BCUT2D eigenvalue weighted by Gasteiger charge is -2.27. The fourth-order valence-corrected chi connectivity index (χ4v) is 3.40. The quantitative estimate of drug-likeness (QED) is 0.791. The number of fused-ring (bicyclic) bond motifs is 1. The number of aromatic nitrogens is 1. The van der Waals surface area contributed by atoms with Gasteiger partial charge in [0.15, 0.2) is 0 Å². The van der Waals surface area contributed by atoms with Crippen LogP contribution in [0.5, 0.6) is 5.75 Å². The van der Waals surface area contributed by atoms with Crippen molar-refractivity contribution in [3.63, 3.8) is 0 Å². The van der Waals surface area contributed by atoms with Crippen molar-refractivity contribution >= 4 is 20.9 Å². The minimum Gasteiger partial charge on any atom is -0.505 e. The smallest absolute Gasteiger partial charge is 0.211 e. The van der Waals surface area contributed by atoms with Gasteiger partial charge in [-0.15, -0.1) is 0 Å². The van der Waals surface area contributed by atoms with Gasteiger partial charge in [0, 0.05) is 24.2 Å². The molecular weight excluding hydrogens is 324 g/mol. The zero-order valence-electron chi connectivity index (χ0n) is 13.4. The molecule has 1 heterocycles. The third-order valence-electron chi connectivity index (χ3n) is 4.08. The highest BCUT2D eigenvalue weighted by atomic mass is 32.2. The van der Waals surface area contributed by atoms with Crippen molar-refractivity contribution in [1.82, 2.24) is 9.29 Å². The number of rotatable bonds is 4. The Bertz CT molecular complexity index is 972. The normalized spacial score (nSPS) is 13.3. The molecule has 0 fully saturated rings. The SMILES string of the molecule is CN(C(c1ccccc1)c1ccc2cccnc2c1O)S(C)(=O)=O. The number of sulfonamides is 1. The van der Waals surface area contributed by atoms with Crippen molar-refractivity contribution in [2.75, 3.05) is 13.3 Å². The van der Waals surface area contributed by atoms with Crippen molar-refractivity contribution in [1.29, 1.82) is 0 Å². The van der Waals surface area contributed by atoms with Crippen molar-refractivity contribution < 1.29 is 13.5 Å². The first-order valence-corrected chi connectivity index (χ1v) is 9.29. The van der Waals surface area contributed by atoms with Crippen LogP contribution in [-0.2, 0) is 10.0 Å². The minimum atomic E-state index is -3.47. The molecule has 1 aromatic heterocycles. The van der Waals surface area contributed by atoms with Gasteiger partial charge in [0.25, 0.3) is 0 Å². The van der Waals surface area contributed by atoms with Crippen LogP contribution in [0.2, 0.25) is 0 Å². The standard InChI is InChI=1S/C18H18N2O3S/c1-20(24(2,22)23)17(14-7-4-3-5-8-14)15-11-10-13-9-6-12-19-16(13)18(15)21/h3-12,17,21H,1-2H3. The monoisotopic (exact) mass is 342 g/mol. The Labute approximate surface area is 141 Å². The highest BCUT2D eigenvalue weighted by molar-refractivity contribution is 7.88. The second kappa shape index (κ2) is 6.22. The lowest BCUT2D eigenvalue weighted by Crippen LogP contribution is -2.31. The summed E-state index contributed by atoms with van der Waals surface area (Å²) < 4.78 is 25.5. The molecule has 6 heteroatoms. The van der Waals surface area contributed by atoms with Gasteiger partial charge >= 0.3 is 0 Å². The van der Waals surface area contributed by atoms with Gasteiger partial charge in [0.2, 0.25) is 10.0 Å². The Morgan fingerprint density at radius 3 is 2.42 bits per heavy atom. The van der Waals surface area contributed by atoms with Gasteiger partial charge in [-0.3, -0.25) is 4.98 Å². The van der Waals surface area contributed by atoms with E-state index < -0.39 is 16.1 Å². The van der Waals surface area contributed by atoms with Crippen molar-refractivity contribution in [2.45, 2.75) is 6.04 Å². The van der Waals surface area contributed by atoms with E-state index in [2.05, 4.69) is 4.98 Å². The lowest BCUT2D eigenvalue weighted by molar-refractivity contribution is 0.402. The highest BCUT2D eigenvalue weighted by Crippen LogP contribution is 2.37. The van der Waals surface area contributed by atoms with Gasteiger partial charge in [-0.1, -0.05) is 48.5 Å². The van der Waals surface area contributed by atoms with Crippen LogP contribution in [0.4, 0.5) is 0 Å². The maximum Gasteiger partial charge on any atom is 0.211 e. The highest BCUT2D eigenvalue weighted by Gasteiger charge is 2.28. The van der Waals surface area contributed by atoms with Crippen molar-refractivity contribution in [2.24, 2.45) is 0 Å². The van der Waals surface area contributed by atoms with Gasteiger partial charge in [0.05, 0.1) is 12.3 Å². The largest absolute Gasteiger partial charge is 0.505 e. The third kappa shape index (κ3) is 2.98. The van der Waals surface area contributed by atoms with E-state index in [1.165, 1.54) is 11.4 Å². The Morgan fingerprint density at radius 2 is 1.75 bits per heavy atom. The molecule has 0 aliphatic heterocycles. The first-order chi connectivity index (χ1) is 11.4. The van der Waals surface area contributed by atoms with Gasteiger partial charge in [0.1, 0.15) is 11.3 Å². The van der Waals surface area contributed by atoms with E-state index in [1.54, 1.807) is 18.3 Å². The van der Waals surface area contributed by atoms with Gasteiger partial charge < -0.3 is 5.11 Å². The zero-order chi connectivity index (χ0) is 17.3. The van der Waals surface area contributed by atoms with Crippen LogP contribution in [0, 0.1) is 0 Å². The van der Waals surface area contributed by atoms with E-state index in [4.69, 9.17) is 0 Å². The van der Waals surface area contributed by atoms with E-state index in [0.29, 0.717) is 11.1 Å². The average molecular weight is 342 g/mol. The summed E-state index contributed by atoms with van der Waals surface area (Å²) in [4.78, 5) is 4.22. The first kappa shape index (κ1) is 16.4. The Morgan fingerprint density at radius 1 is 1.04 bits per heavy atom. The molecule has 3 rings (SSSR count). The average Bonchev–Trinajstić information content (AvgIpc) is 2.57. The fraction of sp³-hybridized carbons (Fsp3) is 0.167. The van der Waals surface area contributed by atoms with E-state index in [9.17, 15) is 13.5 Å². The maximum absolute atomic E-state index is 12.1. The molecule has 0 amide bonds. The molecule has 3 aromatic rings. The Balaban J connectivity index is 2.25. The fourth-order valence-electron chi connectivity index (χ4n) is 2.78. The summed E-state index contributed by atoms with van der Waals surface area (Å²) in [6, 6.07) is 15.8. The predicted octanol–water partition coefficient (Wildman–Crippen LogP) is 2.92. The lowest BCUT2D eigenvalue weighted by atomic mass is 9.96. The van der Waals surface area contributed by atoms with Gasteiger partial charge in [-0.25, -0.2) is 8.42 Å². The molecule has 5 nitrogen and oxygen atoms in total. The number of phenols is 1. The summed E-state index contributed by atoms with van der Waals surface area (Å²) in [6.07, 6.45) is 2.75. The molecule has 1 unspecified atom stereocenters. The molecule has 124 valence electrons. The molecule has 1 atom stereocenters. The van der Waals surface area contributed by atoms with E-state index in [0.717, 1.165) is 17.2 Å². The molecule has 24 heavy (non-hydrogen) atoms. The van der Waals surface area contributed by atoms with Crippen LogP contribution in [-0.4, -0.2) is 36.1 Å². The second-order valence-electron chi connectivity index (χ2n) is 5.67. The third-order valence-corrected chi connectivity index (χ3v) is 5.33. The predicted molar refractivity (Wildman–Crippen MR) is 94.3 cm³/mol. The number of nitrogens with zero attached hydrogens (tertiary/aromatic N) is 2. The molecule has 0 aliphatic carbocycles. The molecule has 2 aromatic carbocycles. The van der Waals surface area contributed by atoms with Crippen LogP contribution in [0.3, 0.4) is 0 Å². The van der Waals surface area contributed by atoms with Crippen LogP contribution in [0.15, 0.2) is 60.8 Å². The van der Waals surface area contributed by atoms with Crippen LogP contribution < -0.4 is 0 Å². The minimum absolute atomic E-state index is 0.00236. The summed E-state index contributed by atoms with van der Waals surface area (Å²) in [5.74, 6) is -0.00236. The van der Waals surface area contributed by atoms with E-state index in [1.807, 2.05) is 42.5 Å². The topological polar surface area (TPSA) is 70.5 Å². The molecule has 0 saturated heterocycles. The van der Waals surface area contributed by atoms with Crippen LogP contribution in [0.1, 0.15) is 17.2 Å². The summed E-state index contributed by atoms with van der Waals surface area (Å²) in [7, 11) is -1.96. The molecule has 0 bridgehead atoms. The number of phenolic OH excluding ortho intramolecular Hbond substituents is 1. The first-order valence-electron chi connectivity index (χ1n) is 7.44. The van der Waals surface area contributed by atoms with Crippen LogP contribution >= 0.6 is 0 Å².